The van der Waals surface area contributed by atoms with Crippen LogP contribution in [0.1, 0.15) is 17.5 Å². The first kappa shape index (κ1) is 14.7. The third-order valence-corrected chi connectivity index (χ3v) is 3.13. The second kappa shape index (κ2) is 6.64. The van der Waals surface area contributed by atoms with Crippen LogP contribution >= 0.6 is 0 Å². The van der Waals surface area contributed by atoms with Gasteiger partial charge in [-0.15, -0.1) is 0 Å². The summed E-state index contributed by atoms with van der Waals surface area (Å²) in [7, 11) is -3.44. The quantitative estimate of drug-likeness (QED) is 0.539. The molecule has 0 spiro atoms. The van der Waals surface area contributed by atoms with Crippen LogP contribution in [0.25, 0.3) is 0 Å². The maximum Gasteiger partial charge on any atom is 0.264 e. The minimum absolute atomic E-state index is 0.0214. The summed E-state index contributed by atoms with van der Waals surface area (Å²) in [5, 5.41) is 13.4. The lowest BCUT2D eigenvalue weighted by Crippen LogP contribution is -2.15. The first-order valence-corrected chi connectivity index (χ1v) is 7.80. The summed E-state index contributed by atoms with van der Waals surface area (Å²) in [6, 6.07) is 3.65. The first-order valence-electron chi connectivity index (χ1n) is 5.98. The highest BCUT2D eigenvalue weighted by Crippen LogP contribution is 2.19. The largest absolute Gasteiger partial charge is 0.369 e. The molecule has 2 rings (SSSR count). The van der Waals surface area contributed by atoms with E-state index in [1.165, 1.54) is 0 Å². The number of H-pyrrole nitrogens is 2. The summed E-state index contributed by atoms with van der Waals surface area (Å²) < 4.78 is 32.0. The van der Waals surface area contributed by atoms with Crippen LogP contribution in [0.3, 0.4) is 0 Å². The van der Waals surface area contributed by atoms with Crippen molar-refractivity contribution in [3.05, 3.63) is 35.9 Å². The molecule has 0 amide bonds. The van der Waals surface area contributed by atoms with Crippen LogP contribution in [0.5, 0.6) is 0 Å². The fourth-order valence-corrected chi connectivity index (χ4v) is 2.05. The third kappa shape index (κ3) is 4.76. The van der Waals surface area contributed by atoms with E-state index in [-0.39, 0.29) is 19.3 Å². The highest BCUT2D eigenvalue weighted by molar-refractivity contribution is 7.85. The van der Waals surface area contributed by atoms with E-state index in [1.54, 1.807) is 18.5 Å². The fraction of sp³-hybridized carbons (Fsp3) is 0.455. The molecule has 110 valence electrons. The lowest BCUT2D eigenvalue weighted by atomic mass is 10.1. The van der Waals surface area contributed by atoms with Crippen molar-refractivity contribution in [1.82, 2.24) is 20.4 Å². The second-order valence-electron chi connectivity index (χ2n) is 4.18. The van der Waals surface area contributed by atoms with Gasteiger partial charge in [-0.05, 0) is 12.1 Å². The van der Waals surface area contributed by atoms with Gasteiger partial charge in [0.05, 0.1) is 25.2 Å². The van der Waals surface area contributed by atoms with E-state index < -0.39 is 10.1 Å². The van der Waals surface area contributed by atoms with Gasteiger partial charge in [-0.2, -0.15) is 18.6 Å². The maximum atomic E-state index is 10.9. The van der Waals surface area contributed by atoms with Gasteiger partial charge in [0.25, 0.3) is 10.1 Å². The molecule has 1 unspecified atom stereocenters. The Bertz CT molecular complexity index is 594. The van der Waals surface area contributed by atoms with E-state index in [1.807, 2.05) is 6.07 Å². The Morgan fingerprint density at radius 2 is 1.95 bits per heavy atom. The number of rotatable bonds is 8. The van der Waals surface area contributed by atoms with Gasteiger partial charge in [0.15, 0.2) is 0 Å². The molecule has 0 aliphatic carbocycles. The predicted octanol–water partition coefficient (Wildman–Crippen LogP) is 0.409. The van der Waals surface area contributed by atoms with Gasteiger partial charge in [-0.25, -0.2) is 0 Å². The smallest absolute Gasteiger partial charge is 0.264 e. The molecule has 2 aromatic rings. The zero-order chi connectivity index (χ0) is 14.4. The molecular weight excluding hydrogens is 284 g/mol. The van der Waals surface area contributed by atoms with Gasteiger partial charge in [-0.3, -0.25) is 14.4 Å². The van der Waals surface area contributed by atoms with Crippen LogP contribution < -0.4 is 0 Å². The topological polar surface area (TPSA) is 110 Å². The number of hydrogen-bond donors (Lipinski definition) is 2. The summed E-state index contributed by atoms with van der Waals surface area (Å²) in [5.41, 5.74) is 1.72. The Balaban J connectivity index is 1.90. The highest BCUT2D eigenvalue weighted by atomic mass is 32.2. The molecule has 2 heterocycles. The molecular formula is C11H16N4O4S. The minimum atomic E-state index is -3.44. The molecule has 0 radical (unpaired) electrons. The highest BCUT2D eigenvalue weighted by Gasteiger charge is 2.15. The summed E-state index contributed by atoms with van der Waals surface area (Å²) in [6.07, 6.45) is 4.59. The monoisotopic (exact) mass is 300 g/mol. The predicted molar refractivity (Wildman–Crippen MR) is 70.4 cm³/mol. The van der Waals surface area contributed by atoms with Crippen LogP contribution in [0, 0.1) is 0 Å². The van der Waals surface area contributed by atoms with Crippen molar-refractivity contribution in [3.63, 3.8) is 0 Å². The third-order valence-electron chi connectivity index (χ3n) is 2.53. The molecule has 2 N–H and O–H groups in total. The lowest BCUT2D eigenvalue weighted by molar-refractivity contribution is 0.0313. The SMILES string of the molecule is CS(=O)(=O)OCCOC(Cc1ccn[nH]1)c1ccn[nH]1. The average Bonchev–Trinajstić information content (AvgIpc) is 3.04. The molecule has 9 heteroatoms. The molecule has 0 saturated heterocycles. The Kier molecular flexibility index (Phi) is 4.88. The molecule has 0 aromatic carbocycles. The van der Waals surface area contributed by atoms with E-state index in [9.17, 15) is 8.42 Å². The maximum absolute atomic E-state index is 10.9. The van der Waals surface area contributed by atoms with E-state index in [0.717, 1.165) is 17.6 Å². The van der Waals surface area contributed by atoms with Crippen LogP contribution in [-0.4, -0.2) is 48.3 Å². The molecule has 8 nitrogen and oxygen atoms in total. The number of nitrogens with zero attached hydrogens (tertiary/aromatic N) is 2. The van der Waals surface area contributed by atoms with Crippen molar-refractivity contribution in [2.75, 3.05) is 19.5 Å². The Morgan fingerprint density at radius 3 is 2.55 bits per heavy atom. The van der Waals surface area contributed by atoms with Gasteiger partial charge in [0.1, 0.15) is 6.10 Å². The molecule has 0 aliphatic heterocycles. The van der Waals surface area contributed by atoms with E-state index in [2.05, 4.69) is 24.6 Å². The van der Waals surface area contributed by atoms with E-state index >= 15 is 0 Å². The van der Waals surface area contributed by atoms with Crippen LogP contribution in [0.4, 0.5) is 0 Å². The van der Waals surface area contributed by atoms with Crippen molar-refractivity contribution < 1.29 is 17.3 Å². The van der Waals surface area contributed by atoms with E-state index in [4.69, 9.17) is 4.74 Å². The van der Waals surface area contributed by atoms with Gasteiger partial charge < -0.3 is 4.74 Å². The van der Waals surface area contributed by atoms with Crippen LogP contribution in [0.15, 0.2) is 24.5 Å². The lowest BCUT2D eigenvalue weighted by Gasteiger charge is -2.15. The molecule has 1 atom stereocenters. The molecule has 0 saturated carbocycles. The van der Waals surface area contributed by atoms with Crippen molar-refractivity contribution >= 4 is 10.1 Å². The zero-order valence-electron chi connectivity index (χ0n) is 10.9. The number of aromatic nitrogens is 4. The normalized spacial score (nSPS) is 13.4. The summed E-state index contributed by atoms with van der Waals surface area (Å²) in [6.45, 7) is 0.136. The second-order valence-corrected chi connectivity index (χ2v) is 5.83. The van der Waals surface area contributed by atoms with Crippen molar-refractivity contribution in [2.24, 2.45) is 0 Å². The zero-order valence-corrected chi connectivity index (χ0v) is 11.8. The summed E-state index contributed by atoms with van der Waals surface area (Å²) in [4.78, 5) is 0. The Labute approximate surface area is 116 Å². The first-order chi connectivity index (χ1) is 9.54. The molecule has 20 heavy (non-hydrogen) atoms. The van der Waals surface area contributed by atoms with Gasteiger partial charge in [0.2, 0.25) is 0 Å². The molecule has 0 bridgehead atoms. The Morgan fingerprint density at radius 1 is 1.20 bits per heavy atom. The number of aromatic amines is 2. The molecule has 0 fully saturated rings. The summed E-state index contributed by atoms with van der Waals surface area (Å²) in [5.74, 6) is 0. The standard InChI is InChI=1S/C11H16N4O4S/c1-20(16,17)19-7-6-18-11(10-3-5-13-15-10)8-9-2-4-12-14-9/h2-5,11H,6-8H2,1H3,(H,12,14)(H,13,15). The molecule has 2 aromatic heterocycles. The number of nitrogens with one attached hydrogen (secondary N) is 2. The van der Waals surface area contributed by atoms with E-state index in [0.29, 0.717) is 6.42 Å². The van der Waals surface area contributed by atoms with Gasteiger partial charge in [0, 0.05) is 24.5 Å². The number of ether oxygens (including phenoxy) is 1. The van der Waals surface area contributed by atoms with Crippen molar-refractivity contribution in [2.45, 2.75) is 12.5 Å². The van der Waals surface area contributed by atoms with Crippen molar-refractivity contribution in [3.8, 4) is 0 Å². The number of hydrogen-bond acceptors (Lipinski definition) is 6. The van der Waals surface area contributed by atoms with Crippen LogP contribution in [-0.2, 0) is 25.5 Å². The minimum Gasteiger partial charge on any atom is -0.369 e. The average molecular weight is 300 g/mol. The Hall–Kier alpha value is -1.71. The van der Waals surface area contributed by atoms with Gasteiger partial charge in [-0.1, -0.05) is 0 Å². The molecule has 0 aliphatic rings. The summed E-state index contributed by atoms with van der Waals surface area (Å²) >= 11 is 0. The van der Waals surface area contributed by atoms with Crippen molar-refractivity contribution in [1.29, 1.82) is 0 Å². The van der Waals surface area contributed by atoms with Crippen LogP contribution in [0.2, 0.25) is 0 Å². The fourth-order valence-electron chi connectivity index (χ4n) is 1.68. The van der Waals surface area contributed by atoms with Gasteiger partial charge >= 0.3 is 0 Å².